The molecule has 6 nitrogen and oxygen atoms in total. The predicted octanol–water partition coefficient (Wildman–Crippen LogP) is 2.25. The number of nitrogens with two attached hydrogens (primary N) is 1. The van der Waals surface area contributed by atoms with Gasteiger partial charge in [-0.05, 0) is 32.4 Å². The molecule has 0 unspecified atom stereocenters. The van der Waals surface area contributed by atoms with Gasteiger partial charge in [0.05, 0.1) is 26.0 Å². The monoisotopic (exact) mass is 295 g/mol. The summed E-state index contributed by atoms with van der Waals surface area (Å²) in [6.45, 7) is 5.30. The molecule has 0 aliphatic heterocycles. The number of ether oxygens (including phenoxy) is 3. The quantitative estimate of drug-likeness (QED) is 0.437. The van der Waals surface area contributed by atoms with Gasteiger partial charge in [0.2, 0.25) is 0 Å². The van der Waals surface area contributed by atoms with Gasteiger partial charge >= 0.3 is 0 Å². The van der Waals surface area contributed by atoms with Crippen molar-refractivity contribution in [1.29, 1.82) is 0 Å². The predicted molar refractivity (Wildman–Crippen MR) is 85.4 cm³/mol. The molecule has 0 saturated carbocycles. The van der Waals surface area contributed by atoms with Gasteiger partial charge in [0, 0.05) is 19.2 Å². The van der Waals surface area contributed by atoms with Gasteiger partial charge in [-0.2, -0.15) is 0 Å². The van der Waals surface area contributed by atoms with Crippen molar-refractivity contribution in [2.24, 2.45) is 10.7 Å². The fourth-order valence-electron chi connectivity index (χ4n) is 1.67. The summed E-state index contributed by atoms with van der Waals surface area (Å²) in [7, 11) is 3.21. The zero-order valence-electron chi connectivity index (χ0n) is 13.2. The number of nitrogens with one attached hydrogen (secondary N) is 1. The zero-order chi connectivity index (χ0) is 15.7. The van der Waals surface area contributed by atoms with Crippen molar-refractivity contribution in [1.82, 2.24) is 0 Å². The third kappa shape index (κ3) is 6.35. The number of guanidine groups is 1. The standard InChI is InChI=1S/C15H25N3O3/c1-11(2)21-9-5-8-17-15(16)18-13-10-12(19-3)6-7-14(13)20-4/h6-7,10-11H,5,8-9H2,1-4H3,(H3,16,17,18). The Hall–Kier alpha value is -1.95. The van der Waals surface area contributed by atoms with Crippen molar-refractivity contribution >= 4 is 11.6 Å². The van der Waals surface area contributed by atoms with E-state index in [1.807, 2.05) is 32.0 Å². The highest BCUT2D eigenvalue weighted by molar-refractivity contribution is 5.93. The molecule has 0 amide bonds. The summed E-state index contributed by atoms with van der Waals surface area (Å²) in [6.07, 6.45) is 1.07. The first-order valence-electron chi connectivity index (χ1n) is 6.97. The molecule has 0 spiro atoms. The third-order valence-corrected chi connectivity index (χ3v) is 2.71. The molecule has 1 aromatic carbocycles. The van der Waals surface area contributed by atoms with Crippen LogP contribution in [0.4, 0.5) is 5.69 Å². The van der Waals surface area contributed by atoms with Gasteiger partial charge in [-0.1, -0.05) is 0 Å². The van der Waals surface area contributed by atoms with E-state index in [4.69, 9.17) is 19.9 Å². The maximum atomic E-state index is 5.86. The number of rotatable bonds is 8. The Bertz CT molecular complexity index is 461. The maximum absolute atomic E-state index is 5.86. The molecule has 0 saturated heterocycles. The van der Waals surface area contributed by atoms with Crippen LogP contribution in [0.15, 0.2) is 23.2 Å². The lowest BCUT2D eigenvalue weighted by molar-refractivity contribution is 0.0783. The SMILES string of the molecule is COc1ccc(OC)c(NC(N)=NCCCOC(C)C)c1. The van der Waals surface area contributed by atoms with Crippen molar-refractivity contribution in [2.45, 2.75) is 26.4 Å². The summed E-state index contributed by atoms with van der Waals surface area (Å²) in [4.78, 5) is 4.25. The highest BCUT2D eigenvalue weighted by Crippen LogP contribution is 2.28. The first-order chi connectivity index (χ1) is 10.1. The summed E-state index contributed by atoms with van der Waals surface area (Å²) < 4.78 is 15.9. The number of hydrogen-bond donors (Lipinski definition) is 2. The molecule has 0 aromatic heterocycles. The first-order valence-corrected chi connectivity index (χ1v) is 6.97. The van der Waals surface area contributed by atoms with Crippen LogP contribution in [-0.2, 0) is 4.74 Å². The van der Waals surface area contributed by atoms with E-state index in [9.17, 15) is 0 Å². The summed E-state index contributed by atoms with van der Waals surface area (Å²) in [5.41, 5.74) is 6.58. The van der Waals surface area contributed by atoms with Crippen LogP contribution in [0.2, 0.25) is 0 Å². The number of nitrogens with zero attached hydrogens (tertiary/aromatic N) is 1. The normalized spacial score (nSPS) is 11.6. The molecule has 118 valence electrons. The van der Waals surface area contributed by atoms with Gasteiger partial charge < -0.3 is 25.3 Å². The fraction of sp³-hybridized carbons (Fsp3) is 0.533. The lowest BCUT2D eigenvalue weighted by Crippen LogP contribution is -2.23. The number of hydrogen-bond acceptors (Lipinski definition) is 4. The van der Waals surface area contributed by atoms with E-state index in [1.54, 1.807) is 14.2 Å². The van der Waals surface area contributed by atoms with E-state index < -0.39 is 0 Å². The van der Waals surface area contributed by atoms with E-state index in [-0.39, 0.29) is 6.10 Å². The lowest BCUT2D eigenvalue weighted by atomic mass is 10.2. The van der Waals surface area contributed by atoms with E-state index in [2.05, 4.69) is 10.3 Å². The van der Waals surface area contributed by atoms with Crippen LogP contribution in [0.25, 0.3) is 0 Å². The van der Waals surface area contributed by atoms with Crippen LogP contribution in [0.1, 0.15) is 20.3 Å². The second kappa shape index (κ2) is 9.07. The summed E-state index contributed by atoms with van der Waals surface area (Å²) in [5.74, 6) is 1.74. The highest BCUT2D eigenvalue weighted by atomic mass is 16.5. The Balaban J connectivity index is 2.54. The molecule has 21 heavy (non-hydrogen) atoms. The molecule has 1 rings (SSSR count). The Kier molecular flexibility index (Phi) is 7.39. The van der Waals surface area contributed by atoms with Crippen LogP contribution in [0, 0.1) is 0 Å². The van der Waals surface area contributed by atoms with Crippen LogP contribution < -0.4 is 20.5 Å². The number of aliphatic imine (C=N–C) groups is 1. The van der Waals surface area contributed by atoms with Crippen LogP contribution in [0.5, 0.6) is 11.5 Å². The minimum absolute atomic E-state index is 0.241. The Morgan fingerprint density at radius 1 is 1.29 bits per heavy atom. The number of benzene rings is 1. The molecule has 3 N–H and O–H groups in total. The minimum atomic E-state index is 0.241. The van der Waals surface area contributed by atoms with Gasteiger partial charge in [0.25, 0.3) is 0 Å². The molecule has 0 aliphatic rings. The number of methoxy groups -OCH3 is 2. The molecule has 0 fully saturated rings. The minimum Gasteiger partial charge on any atom is -0.497 e. The highest BCUT2D eigenvalue weighted by Gasteiger charge is 2.05. The van der Waals surface area contributed by atoms with Gasteiger partial charge in [0.15, 0.2) is 5.96 Å². The zero-order valence-corrected chi connectivity index (χ0v) is 13.2. The fourth-order valence-corrected chi connectivity index (χ4v) is 1.67. The van der Waals surface area contributed by atoms with Crippen LogP contribution in [-0.4, -0.2) is 39.4 Å². The molecule has 6 heteroatoms. The Morgan fingerprint density at radius 3 is 2.67 bits per heavy atom. The lowest BCUT2D eigenvalue weighted by Gasteiger charge is -2.12. The van der Waals surface area contributed by atoms with Gasteiger partial charge in [-0.15, -0.1) is 0 Å². The van der Waals surface area contributed by atoms with Gasteiger partial charge in [-0.25, -0.2) is 0 Å². The molecule has 0 radical (unpaired) electrons. The second-order valence-corrected chi connectivity index (χ2v) is 4.73. The first kappa shape index (κ1) is 17.1. The topological polar surface area (TPSA) is 78.1 Å². The molecular weight excluding hydrogens is 270 g/mol. The maximum Gasteiger partial charge on any atom is 0.193 e. The van der Waals surface area contributed by atoms with Crippen molar-refractivity contribution in [3.8, 4) is 11.5 Å². The second-order valence-electron chi connectivity index (χ2n) is 4.73. The van der Waals surface area contributed by atoms with E-state index in [1.165, 1.54) is 0 Å². The molecule has 0 bridgehead atoms. The van der Waals surface area contributed by atoms with E-state index in [0.29, 0.717) is 24.9 Å². The molecule has 0 atom stereocenters. The van der Waals surface area contributed by atoms with Crippen LogP contribution >= 0.6 is 0 Å². The Labute approximate surface area is 126 Å². The third-order valence-electron chi connectivity index (χ3n) is 2.71. The van der Waals surface area contributed by atoms with Crippen molar-refractivity contribution in [2.75, 3.05) is 32.7 Å². The van der Waals surface area contributed by atoms with Crippen LogP contribution in [0.3, 0.4) is 0 Å². The van der Waals surface area contributed by atoms with Crippen molar-refractivity contribution in [3.63, 3.8) is 0 Å². The summed E-state index contributed by atoms with van der Waals surface area (Å²) in [6, 6.07) is 5.44. The van der Waals surface area contributed by atoms with E-state index >= 15 is 0 Å². The summed E-state index contributed by atoms with van der Waals surface area (Å²) >= 11 is 0. The molecule has 1 aromatic rings. The van der Waals surface area contributed by atoms with Crippen molar-refractivity contribution in [3.05, 3.63) is 18.2 Å². The smallest absolute Gasteiger partial charge is 0.193 e. The average Bonchev–Trinajstić information content (AvgIpc) is 2.46. The molecular formula is C15H25N3O3. The van der Waals surface area contributed by atoms with E-state index in [0.717, 1.165) is 17.9 Å². The largest absolute Gasteiger partial charge is 0.497 e. The van der Waals surface area contributed by atoms with Crippen molar-refractivity contribution < 1.29 is 14.2 Å². The van der Waals surface area contributed by atoms with Gasteiger partial charge in [-0.3, -0.25) is 4.99 Å². The average molecular weight is 295 g/mol. The molecule has 0 heterocycles. The van der Waals surface area contributed by atoms with Gasteiger partial charge in [0.1, 0.15) is 11.5 Å². The molecule has 0 aliphatic carbocycles. The summed E-state index contributed by atoms with van der Waals surface area (Å²) in [5, 5.41) is 3.02. The Morgan fingerprint density at radius 2 is 2.05 bits per heavy atom. The number of anilines is 1.